The third-order valence-electron chi connectivity index (χ3n) is 5.81. The number of aromatic amines is 1. The summed E-state index contributed by atoms with van der Waals surface area (Å²) in [6, 6.07) is 9.28. The molecule has 1 aliphatic heterocycles. The SMILES string of the molecule is Nc1c(N(CCC2=CCCCC2)C(=O)C2=COCCO2)c(=O)[nH]c(=O)n1Cc1ccccc1. The van der Waals surface area contributed by atoms with Gasteiger partial charge in [-0.05, 0) is 37.7 Å². The Morgan fingerprint density at radius 2 is 1.97 bits per heavy atom. The first-order valence-electron chi connectivity index (χ1n) is 11.2. The van der Waals surface area contributed by atoms with Gasteiger partial charge in [-0.1, -0.05) is 42.0 Å². The molecule has 174 valence electrons. The van der Waals surface area contributed by atoms with Crippen LogP contribution < -0.4 is 21.9 Å². The highest BCUT2D eigenvalue weighted by Crippen LogP contribution is 2.25. The Labute approximate surface area is 191 Å². The second kappa shape index (κ2) is 10.2. The van der Waals surface area contributed by atoms with Crippen LogP contribution in [-0.4, -0.2) is 35.2 Å². The average Bonchev–Trinajstić information content (AvgIpc) is 2.85. The number of nitrogens with one attached hydrogen (secondary N) is 1. The van der Waals surface area contributed by atoms with E-state index in [0.717, 1.165) is 31.2 Å². The second-order valence-corrected chi connectivity index (χ2v) is 8.08. The minimum atomic E-state index is -0.717. The molecule has 9 nitrogen and oxygen atoms in total. The number of H-pyrrole nitrogens is 1. The quantitative estimate of drug-likeness (QED) is 0.622. The van der Waals surface area contributed by atoms with E-state index >= 15 is 0 Å². The molecule has 0 radical (unpaired) electrons. The third-order valence-corrected chi connectivity index (χ3v) is 5.81. The van der Waals surface area contributed by atoms with Gasteiger partial charge in [0, 0.05) is 6.54 Å². The van der Waals surface area contributed by atoms with Crippen molar-refractivity contribution in [2.24, 2.45) is 0 Å². The number of benzene rings is 1. The number of hydrogen-bond acceptors (Lipinski definition) is 6. The molecular weight excluding hydrogens is 424 g/mol. The van der Waals surface area contributed by atoms with Gasteiger partial charge in [0.05, 0.1) is 6.54 Å². The van der Waals surface area contributed by atoms with Crippen molar-refractivity contribution >= 4 is 17.4 Å². The predicted molar refractivity (Wildman–Crippen MR) is 125 cm³/mol. The molecule has 0 bridgehead atoms. The van der Waals surface area contributed by atoms with Gasteiger partial charge in [0.1, 0.15) is 25.3 Å². The van der Waals surface area contributed by atoms with Crippen LogP contribution in [-0.2, 0) is 20.8 Å². The van der Waals surface area contributed by atoms with E-state index in [2.05, 4.69) is 11.1 Å². The van der Waals surface area contributed by atoms with Crippen molar-refractivity contribution in [3.63, 3.8) is 0 Å². The molecule has 1 aliphatic carbocycles. The summed E-state index contributed by atoms with van der Waals surface area (Å²) in [6.07, 6.45) is 8.27. The summed E-state index contributed by atoms with van der Waals surface area (Å²) < 4.78 is 12.0. The van der Waals surface area contributed by atoms with E-state index in [9.17, 15) is 14.4 Å². The number of nitrogens with two attached hydrogens (primary N) is 1. The van der Waals surface area contributed by atoms with E-state index in [1.165, 1.54) is 21.3 Å². The fourth-order valence-corrected chi connectivity index (χ4v) is 4.08. The van der Waals surface area contributed by atoms with Crippen LogP contribution in [0.25, 0.3) is 0 Å². The standard InChI is InChI=1S/C24H28N4O5/c25-21-20(22(29)26-24(31)28(21)15-18-9-5-2-6-10-18)27(12-11-17-7-3-1-4-8-17)23(30)19-16-32-13-14-33-19/h2,5-7,9-10,16H,1,3-4,8,11-15,25H2,(H,26,29,31). The molecule has 1 aromatic heterocycles. The second-order valence-electron chi connectivity index (χ2n) is 8.08. The van der Waals surface area contributed by atoms with E-state index in [-0.39, 0.29) is 37.0 Å². The van der Waals surface area contributed by atoms with Crippen molar-refractivity contribution in [2.45, 2.75) is 38.6 Å². The number of rotatable bonds is 7. The van der Waals surface area contributed by atoms with Crippen molar-refractivity contribution in [3.05, 3.63) is 80.4 Å². The van der Waals surface area contributed by atoms with Crippen molar-refractivity contribution in [1.29, 1.82) is 0 Å². The molecule has 4 rings (SSSR count). The average molecular weight is 453 g/mol. The van der Waals surface area contributed by atoms with E-state index < -0.39 is 17.2 Å². The van der Waals surface area contributed by atoms with Gasteiger partial charge in [0.25, 0.3) is 11.5 Å². The molecule has 1 aromatic carbocycles. The number of allylic oxidation sites excluding steroid dienone is 1. The fourth-order valence-electron chi connectivity index (χ4n) is 4.08. The summed E-state index contributed by atoms with van der Waals surface area (Å²) >= 11 is 0. The smallest absolute Gasteiger partial charge is 0.330 e. The number of carbonyl (C=O) groups is 1. The maximum absolute atomic E-state index is 13.4. The number of ether oxygens (including phenoxy) is 2. The number of nitrogens with zero attached hydrogens (tertiary/aromatic N) is 2. The maximum Gasteiger partial charge on any atom is 0.330 e. The lowest BCUT2D eigenvalue weighted by molar-refractivity contribution is -0.119. The minimum absolute atomic E-state index is 0.00140. The Hall–Kier alpha value is -3.75. The van der Waals surface area contributed by atoms with Crippen LogP contribution in [0.3, 0.4) is 0 Å². The lowest BCUT2D eigenvalue weighted by Gasteiger charge is -2.27. The Morgan fingerprint density at radius 3 is 2.67 bits per heavy atom. The van der Waals surface area contributed by atoms with Crippen LogP contribution >= 0.6 is 0 Å². The fraction of sp³-hybridized carbons (Fsp3) is 0.375. The van der Waals surface area contributed by atoms with Gasteiger partial charge in [-0.3, -0.25) is 24.0 Å². The van der Waals surface area contributed by atoms with Gasteiger partial charge in [-0.15, -0.1) is 0 Å². The minimum Gasteiger partial charge on any atom is -0.494 e. The largest absolute Gasteiger partial charge is 0.494 e. The molecule has 0 saturated heterocycles. The highest BCUT2D eigenvalue weighted by Gasteiger charge is 2.29. The molecule has 0 fully saturated rings. The highest BCUT2D eigenvalue weighted by atomic mass is 16.6. The van der Waals surface area contributed by atoms with E-state index in [1.54, 1.807) is 0 Å². The number of nitrogen functional groups attached to an aromatic ring is 1. The molecule has 0 spiro atoms. The molecular formula is C24H28N4O5. The van der Waals surface area contributed by atoms with E-state index in [1.807, 2.05) is 30.3 Å². The number of hydrogen-bond donors (Lipinski definition) is 2. The molecule has 33 heavy (non-hydrogen) atoms. The van der Waals surface area contributed by atoms with Gasteiger partial charge < -0.3 is 15.2 Å². The summed E-state index contributed by atoms with van der Waals surface area (Å²) in [6.45, 7) is 0.956. The van der Waals surface area contributed by atoms with Crippen LogP contribution in [0.1, 0.15) is 37.7 Å². The monoisotopic (exact) mass is 452 g/mol. The maximum atomic E-state index is 13.4. The summed E-state index contributed by atoms with van der Waals surface area (Å²) in [4.78, 5) is 42.5. The molecule has 2 aromatic rings. The lowest BCUT2D eigenvalue weighted by atomic mass is 9.97. The van der Waals surface area contributed by atoms with Crippen LogP contribution in [0, 0.1) is 0 Å². The number of amides is 1. The van der Waals surface area contributed by atoms with Gasteiger partial charge in [-0.2, -0.15) is 0 Å². The normalized spacial score (nSPS) is 15.6. The Balaban J connectivity index is 1.73. The summed E-state index contributed by atoms with van der Waals surface area (Å²) in [5, 5.41) is 0. The van der Waals surface area contributed by atoms with Gasteiger partial charge >= 0.3 is 5.69 Å². The molecule has 9 heteroatoms. The summed E-state index contributed by atoms with van der Waals surface area (Å²) in [5.41, 5.74) is 7.00. The molecule has 2 heterocycles. The number of anilines is 2. The first kappa shape index (κ1) is 22.4. The van der Waals surface area contributed by atoms with E-state index in [4.69, 9.17) is 15.2 Å². The van der Waals surface area contributed by atoms with Gasteiger partial charge in [0.2, 0.25) is 5.76 Å². The molecule has 3 N–H and O–H groups in total. The van der Waals surface area contributed by atoms with Crippen LogP contribution in [0.4, 0.5) is 11.5 Å². The Bertz CT molecular complexity index is 1180. The van der Waals surface area contributed by atoms with E-state index in [0.29, 0.717) is 13.0 Å². The van der Waals surface area contributed by atoms with Crippen molar-refractivity contribution in [2.75, 3.05) is 30.4 Å². The molecule has 2 aliphatic rings. The van der Waals surface area contributed by atoms with Gasteiger partial charge in [-0.25, -0.2) is 4.79 Å². The first-order chi connectivity index (χ1) is 16.0. The molecule has 1 amide bonds. The predicted octanol–water partition coefficient (Wildman–Crippen LogP) is 2.28. The van der Waals surface area contributed by atoms with Gasteiger partial charge in [0.15, 0.2) is 5.69 Å². The molecule has 0 unspecified atom stereocenters. The lowest BCUT2D eigenvalue weighted by Crippen LogP contribution is -2.43. The Kier molecular flexibility index (Phi) is 6.97. The zero-order valence-electron chi connectivity index (χ0n) is 18.4. The molecule has 0 saturated carbocycles. The zero-order chi connectivity index (χ0) is 23.2. The van der Waals surface area contributed by atoms with Crippen molar-refractivity contribution in [3.8, 4) is 0 Å². The third kappa shape index (κ3) is 5.19. The topological polar surface area (TPSA) is 120 Å². The number of aromatic nitrogens is 2. The molecule has 0 atom stereocenters. The van der Waals surface area contributed by atoms with Crippen LogP contribution in [0.5, 0.6) is 0 Å². The Morgan fingerprint density at radius 1 is 1.15 bits per heavy atom. The van der Waals surface area contributed by atoms with Crippen LogP contribution in [0.15, 0.2) is 63.6 Å². The highest BCUT2D eigenvalue weighted by molar-refractivity contribution is 6.05. The number of carbonyl (C=O) groups excluding carboxylic acids is 1. The summed E-state index contributed by atoms with van der Waals surface area (Å²) in [7, 11) is 0. The van der Waals surface area contributed by atoms with Crippen LogP contribution in [0.2, 0.25) is 0 Å². The zero-order valence-corrected chi connectivity index (χ0v) is 18.4. The van der Waals surface area contributed by atoms with Crippen molar-refractivity contribution < 1.29 is 14.3 Å². The summed E-state index contributed by atoms with van der Waals surface area (Å²) in [5.74, 6) is -0.609. The van der Waals surface area contributed by atoms with Crippen molar-refractivity contribution in [1.82, 2.24) is 9.55 Å². The first-order valence-corrected chi connectivity index (χ1v) is 11.2.